The van der Waals surface area contributed by atoms with Gasteiger partial charge in [0.05, 0.1) is 24.1 Å². The largest absolute Gasteiger partial charge is 0.346 e. The topological polar surface area (TPSA) is 59.4 Å². The van der Waals surface area contributed by atoms with Crippen molar-refractivity contribution in [2.75, 3.05) is 0 Å². The Morgan fingerprint density at radius 3 is 2.27 bits per heavy atom. The average molecular weight is 393 g/mol. The number of nitrogens with one attached hydrogen (secondary N) is 1. The number of hydrogen-bond donors (Lipinski definition) is 1. The van der Waals surface area contributed by atoms with Gasteiger partial charge in [-0.3, -0.25) is 0 Å². The second-order valence-electron chi connectivity index (χ2n) is 7.81. The minimum Gasteiger partial charge on any atom is -0.346 e. The molecule has 0 saturated heterocycles. The van der Waals surface area contributed by atoms with Gasteiger partial charge in [0.25, 0.3) is 0 Å². The third-order valence-corrected chi connectivity index (χ3v) is 5.52. The van der Waals surface area contributed by atoms with E-state index in [1.807, 2.05) is 31.6 Å². The van der Waals surface area contributed by atoms with Crippen LogP contribution in [-0.2, 0) is 6.54 Å². The van der Waals surface area contributed by atoms with Crippen LogP contribution in [0.25, 0.3) is 33.9 Å². The second-order valence-corrected chi connectivity index (χ2v) is 7.81. The number of hydrogen-bond acceptors (Lipinski definition) is 3. The summed E-state index contributed by atoms with van der Waals surface area (Å²) in [6, 6.07) is 17.1. The number of aromatic amines is 1. The number of nitrogens with zero attached hydrogens (tertiary/aromatic N) is 4. The van der Waals surface area contributed by atoms with Gasteiger partial charge in [-0.1, -0.05) is 42.5 Å². The van der Waals surface area contributed by atoms with Gasteiger partial charge in [0.1, 0.15) is 11.5 Å². The van der Waals surface area contributed by atoms with Crippen molar-refractivity contribution in [1.29, 1.82) is 0 Å². The standard InChI is InChI=1S/C25H23N5/c1-16-4-5-21(12-17(16)2)19-6-8-20(9-7-19)25-28-23-10-11-30(15-24(23)29-25)14-22-13-26-18(3)27-22/h4-13,15H,14H2,1-3H3,(H,26,27). The molecule has 0 atom stereocenters. The Hall–Kier alpha value is -3.73. The molecule has 0 saturated carbocycles. The first-order chi connectivity index (χ1) is 14.5. The molecule has 0 bridgehead atoms. The third kappa shape index (κ3) is 3.50. The lowest BCUT2D eigenvalue weighted by molar-refractivity contribution is 0.770. The highest BCUT2D eigenvalue weighted by atomic mass is 15.0. The molecule has 1 N–H and O–H groups in total. The fourth-order valence-corrected chi connectivity index (χ4v) is 3.66. The van der Waals surface area contributed by atoms with E-state index in [0.29, 0.717) is 0 Å². The summed E-state index contributed by atoms with van der Waals surface area (Å²) < 4.78 is 2.09. The molecule has 148 valence electrons. The van der Waals surface area contributed by atoms with Crippen LogP contribution in [0.5, 0.6) is 0 Å². The minimum absolute atomic E-state index is 0.726. The average Bonchev–Trinajstić information content (AvgIpc) is 3.36. The molecule has 1 aromatic heterocycles. The maximum atomic E-state index is 4.76. The highest BCUT2D eigenvalue weighted by Gasteiger charge is 2.13. The Balaban J connectivity index is 1.41. The molecular formula is C25H23N5. The highest BCUT2D eigenvalue weighted by Crippen LogP contribution is 2.28. The molecule has 5 rings (SSSR count). The van der Waals surface area contributed by atoms with Crippen molar-refractivity contribution in [3.63, 3.8) is 0 Å². The Morgan fingerprint density at radius 2 is 1.53 bits per heavy atom. The first kappa shape index (κ1) is 18.3. The number of benzene rings is 2. The van der Waals surface area contributed by atoms with Crippen molar-refractivity contribution in [2.24, 2.45) is 0 Å². The third-order valence-electron chi connectivity index (χ3n) is 5.52. The van der Waals surface area contributed by atoms with Gasteiger partial charge in [0.15, 0.2) is 5.82 Å². The van der Waals surface area contributed by atoms with Crippen LogP contribution in [0.3, 0.4) is 0 Å². The number of fused-ring (bicyclic) bond motifs is 1. The molecule has 0 spiro atoms. The minimum atomic E-state index is 0.726. The van der Waals surface area contributed by atoms with E-state index in [4.69, 9.17) is 9.97 Å². The van der Waals surface area contributed by atoms with Crippen molar-refractivity contribution in [2.45, 2.75) is 27.3 Å². The summed E-state index contributed by atoms with van der Waals surface area (Å²) in [6.07, 6.45) is 5.93. The summed E-state index contributed by atoms with van der Waals surface area (Å²) in [5.41, 5.74) is 8.93. The number of aryl methyl sites for hydroxylation is 3. The van der Waals surface area contributed by atoms with Gasteiger partial charge in [-0.2, -0.15) is 0 Å². The Bertz CT molecular complexity index is 1290. The predicted molar refractivity (Wildman–Crippen MR) is 119 cm³/mol. The van der Waals surface area contributed by atoms with Gasteiger partial charge < -0.3 is 9.55 Å². The van der Waals surface area contributed by atoms with Crippen molar-refractivity contribution in [3.8, 4) is 33.9 Å². The Labute approximate surface area is 175 Å². The first-order valence-electron chi connectivity index (χ1n) is 10.1. The monoisotopic (exact) mass is 393 g/mol. The van der Waals surface area contributed by atoms with Gasteiger partial charge in [0.2, 0.25) is 0 Å². The molecule has 0 radical (unpaired) electrons. The zero-order valence-corrected chi connectivity index (χ0v) is 17.3. The highest BCUT2D eigenvalue weighted by molar-refractivity contribution is 5.71. The predicted octanol–water partition coefficient (Wildman–Crippen LogP) is 5.41. The fraction of sp³-hybridized carbons (Fsp3) is 0.160. The van der Waals surface area contributed by atoms with E-state index < -0.39 is 0 Å². The molecule has 0 amide bonds. The molecular weight excluding hydrogens is 370 g/mol. The molecule has 3 heterocycles. The van der Waals surface area contributed by atoms with Gasteiger partial charge in [-0.05, 0) is 49.1 Å². The smallest absolute Gasteiger partial charge is 0.160 e. The molecule has 2 aliphatic rings. The van der Waals surface area contributed by atoms with Crippen molar-refractivity contribution < 1.29 is 0 Å². The van der Waals surface area contributed by atoms with Crippen LogP contribution in [0.4, 0.5) is 0 Å². The number of imidazole rings is 2. The molecule has 2 aliphatic heterocycles. The SMILES string of the molecule is Cc1ncc(Cn2ccc3nc(-c4ccc(-c5ccc(C)c(C)c5)cc4)nc-3c2)[nH]1. The van der Waals surface area contributed by atoms with Crippen LogP contribution in [-0.4, -0.2) is 24.5 Å². The van der Waals surface area contributed by atoms with Crippen molar-refractivity contribution in [3.05, 3.63) is 89.8 Å². The van der Waals surface area contributed by atoms with Crippen LogP contribution in [0.15, 0.2) is 67.1 Å². The summed E-state index contributed by atoms with van der Waals surface area (Å²) in [5.74, 6) is 1.68. The van der Waals surface area contributed by atoms with Gasteiger partial charge >= 0.3 is 0 Å². The van der Waals surface area contributed by atoms with E-state index in [1.165, 1.54) is 22.3 Å². The van der Waals surface area contributed by atoms with E-state index in [9.17, 15) is 0 Å². The Morgan fingerprint density at radius 1 is 0.800 bits per heavy atom. The molecule has 3 aromatic rings. The Kier molecular flexibility index (Phi) is 4.43. The van der Waals surface area contributed by atoms with E-state index in [1.54, 1.807) is 0 Å². The summed E-state index contributed by atoms with van der Waals surface area (Å²) in [6.45, 7) is 6.97. The van der Waals surface area contributed by atoms with E-state index in [2.05, 4.69) is 70.8 Å². The van der Waals surface area contributed by atoms with Crippen LogP contribution in [0, 0.1) is 20.8 Å². The zero-order chi connectivity index (χ0) is 20.7. The van der Waals surface area contributed by atoms with Crippen molar-refractivity contribution in [1.82, 2.24) is 24.5 Å². The molecule has 5 nitrogen and oxygen atoms in total. The molecule has 30 heavy (non-hydrogen) atoms. The molecule has 0 aliphatic carbocycles. The van der Waals surface area contributed by atoms with Gasteiger partial charge in [-0.15, -0.1) is 0 Å². The summed E-state index contributed by atoms with van der Waals surface area (Å²) in [4.78, 5) is 17.0. The number of H-pyrrole nitrogens is 1. The first-order valence-corrected chi connectivity index (χ1v) is 10.1. The van der Waals surface area contributed by atoms with Gasteiger partial charge in [0, 0.05) is 18.0 Å². The summed E-state index contributed by atoms with van der Waals surface area (Å²) in [5, 5.41) is 0. The molecule has 2 aromatic carbocycles. The summed E-state index contributed by atoms with van der Waals surface area (Å²) >= 11 is 0. The van der Waals surface area contributed by atoms with E-state index in [0.717, 1.165) is 40.8 Å². The fourth-order valence-electron chi connectivity index (χ4n) is 3.66. The molecule has 0 unspecified atom stereocenters. The normalized spacial score (nSPS) is 11.3. The molecule has 0 fully saturated rings. The summed E-state index contributed by atoms with van der Waals surface area (Å²) in [7, 11) is 0. The second kappa shape index (κ2) is 7.26. The quantitative estimate of drug-likeness (QED) is 0.444. The number of rotatable bonds is 4. The number of pyridine rings is 1. The van der Waals surface area contributed by atoms with Gasteiger partial charge in [-0.25, -0.2) is 15.0 Å². The molecule has 5 heteroatoms. The van der Waals surface area contributed by atoms with Crippen molar-refractivity contribution >= 4 is 0 Å². The van der Waals surface area contributed by atoms with E-state index >= 15 is 0 Å². The lowest BCUT2D eigenvalue weighted by Gasteiger charge is -2.06. The lowest BCUT2D eigenvalue weighted by atomic mass is 9.99. The van der Waals surface area contributed by atoms with Crippen LogP contribution in [0.1, 0.15) is 22.6 Å². The van der Waals surface area contributed by atoms with Crippen LogP contribution in [0.2, 0.25) is 0 Å². The van der Waals surface area contributed by atoms with E-state index in [-0.39, 0.29) is 0 Å². The zero-order valence-electron chi connectivity index (χ0n) is 17.3. The maximum absolute atomic E-state index is 4.76. The van der Waals surface area contributed by atoms with Crippen LogP contribution < -0.4 is 0 Å². The number of aromatic nitrogens is 5. The van der Waals surface area contributed by atoms with Crippen LogP contribution >= 0.6 is 0 Å². The lowest BCUT2D eigenvalue weighted by Crippen LogP contribution is -2.01. The maximum Gasteiger partial charge on any atom is 0.160 e.